The predicted octanol–water partition coefficient (Wildman–Crippen LogP) is 4.96. The third kappa shape index (κ3) is 3.41. The van der Waals surface area contributed by atoms with Gasteiger partial charge in [0.2, 0.25) is 0 Å². The number of nitrogens with zero attached hydrogens (tertiary/aromatic N) is 6. The molecule has 5 aromatic rings. The van der Waals surface area contributed by atoms with Gasteiger partial charge < -0.3 is 9.13 Å². The molecule has 1 aliphatic carbocycles. The van der Waals surface area contributed by atoms with Gasteiger partial charge in [-0.1, -0.05) is 6.07 Å². The minimum atomic E-state index is -0.0823. The lowest BCUT2D eigenvalue weighted by Crippen LogP contribution is -2.19. The Balaban J connectivity index is 1.32. The SMILES string of the molecule is Cc1cc2ccn(-c3cccc(-c4ncc5n4CCCC5)n3)c(=O)c2cc1-n1cnc(C2CC2)c1. The summed E-state index contributed by atoms with van der Waals surface area (Å²) in [6.07, 6.45) is 13.6. The number of pyridine rings is 2. The highest BCUT2D eigenvalue weighted by Crippen LogP contribution is 2.39. The van der Waals surface area contributed by atoms with E-state index < -0.39 is 0 Å². The Labute approximate surface area is 202 Å². The van der Waals surface area contributed by atoms with Gasteiger partial charge in [0.25, 0.3) is 5.56 Å². The Morgan fingerprint density at radius 1 is 1.06 bits per heavy atom. The van der Waals surface area contributed by atoms with Crippen LogP contribution in [0.25, 0.3) is 33.8 Å². The van der Waals surface area contributed by atoms with Crippen molar-refractivity contribution in [2.45, 2.75) is 51.5 Å². The normalized spacial score (nSPS) is 15.5. The second-order valence-electron chi connectivity index (χ2n) is 9.76. The molecule has 174 valence electrons. The van der Waals surface area contributed by atoms with Gasteiger partial charge in [-0.05, 0) is 80.3 Å². The van der Waals surface area contributed by atoms with Crippen LogP contribution in [-0.4, -0.2) is 28.7 Å². The van der Waals surface area contributed by atoms with E-state index in [1.54, 1.807) is 4.57 Å². The minimum Gasteiger partial charge on any atom is -0.327 e. The zero-order chi connectivity index (χ0) is 23.5. The highest BCUT2D eigenvalue weighted by molar-refractivity contribution is 5.85. The highest BCUT2D eigenvalue weighted by Gasteiger charge is 2.26. The van der Waals surface area contributed by atoms with Crippen LogP contribution in [0.15, 0.2) is 66.1 Å². The van der Waals surface area contributed by atoms with E-state index in [1.165, 1.54) is 25.0 Å². The summed E-state index contributed by atoms with van der Waals surface area (Å²) in [5, 5.41) is 1.59. The number of fused-ring (bicyclic) bond motifs is 2. The van der Waals surface area contributed by atoms with Crippen LogP contribution in [0.1, 0.15) is 48.6 Å². The molecular formula is C28H26N6O. The van der Waals surface area contributed by atoms with Gasteiger partial charge in [0.1, 0.15) is 11.5 Å². The summed E-state index contributed by atoms with van der Waals surface area (Å²) < 4.78 is 5.93. The Morgan fingerprint density at radius 2 is 1.97 bits per heavy atom. The van der Waals surface area contributed by atoms with Gasteiger partial charge in [-0.25, -0.2) is 15.0 Å². The summed E-state index contributed by atoms with van der Waals surface area (Å²) in [4.78, 5) is 27.8. The van der Waals surface area contributed by atoms with Gasteiger partial charge in [-0.2, -0.15) is 0 Å². The molecule has 7 nitrogen and oxygen atoms in total. The van der Waals surface area contributed by atoms with E-state index in [0.717, 1.165) is 53.2 Å². The molecule has 2 aliphatic rings. The number of imidazole rings is 2. The van der Waals surface area contributed by atoms with E-state index in [2.05, 4.69) is 33.7 Å². The van der Waals surface area contributed by atoms with Gasteiger partial charge >= 0.3 is 0 Å². The maximum atomic E-state index is 13.7. The first-order valence-corrected chi connectivity index (χ1v) is 12.4. The van der Waals surface area contributed by atoms with Crippen molar-refractivity contribution < 1.29 is 0 Å². The molecule has 1 saturated carbocycles. The van der Waals surface area contributed by atoms with E-state index in [1.807, 2.05) is 53.6 Å². The maximum absolute atomic E-state index is 13.7. The van der Waals surface area contributed by atoms with Crippen molar-refractivity contribution in [2.75, 3.05) is 0 Å². The van der Waals surface area contributed by atoms with E-state index in [9.17, 15) is 4.79 Å². The Bertz CT molecular complexity index is 1650. The van der Waals surface area contributed by atoms with Crippen molar-refractivity contribution in [1.82, 2.24) is 28.7 Å². The molecule has 7 rings (SSSR count). The number of hydrogen-bond acceptors (Lipinski definition) is 4. The third-order valence-corrected chi connectivity index (χ3v) is 7.31. The summed E-state index contributed by atoms with van der Waals surface area (Å²) in [5.74, 6) is 2.07. The quantitative estimate of drug-likeness (QED) is 0.379. The molecule has 0 radical (unpaired) electrons. The zero-order valence-corrected chi connectivity index (χ0v) is 19.7. The number of aryl methyl sites for hydroxylation is 2. The van der Waals surface area contributed by atoms with Crippen molar-refractivity contribution in [3.63, 3.8) is 0 Å². The molecule has 1 aliphatic heterocycles. The van der Waals surface area contributed by atoms with Crippen molar-refractivity contribution in [1.29, 1.82) is 0 Å². The Kier molecular flexibility index (Phi) is 4.52. The van der Waals surface area contributed by atoms with Crippen LogP contribution < -0.4 is 5.56 Å². The standard InChI is InChI=1S/C28H26N6O/c1-18-13-20-10-12-34(28(35)22(20)14-25(18)32-16-24(30-17-32)19-8-9-19)26-7-4-6-23(31-26)27-29-15-21-5-2-3-11-33(21)27/h4,6-7,10,12-17,19H,2-3,5,8-9,11H2,1H3. The van der Waals surface area contributed by atoms with Crippen molar-refractivity contribution >= 4 is 10.8 Å². The molecule has 0 atom stereocenters. The van der Waals surface area contributed by atoms with E-state index in [4.69, 9.17) is 4.98 Å². The summed E-state index contributed by atoms with van der Waals surface area (Å²) >= 11 is 0. The Hall–Kier alpha value is -4.00. The summed E-state index contributed by atoms with van der Waals surface area (Å²) in [5.41, 5.74) is 5.20. The lowest BCUT2D eigenvalue weighted by Gasteiger charge is -2.16. The van der Waals surface area contributed by atoms with Gasteiger partial charge in [0.05, 0.1) is 17.7 Å². The second kappa shape index (κ2) is 7.77. The summed E-state index contributed by atoms with van der Waals surface area (Å²) in [7, 11) is 0. The van der Waals surface area contributed by atoms with Gasteiger partial charge in [0.15, 0.2) is 5.82 Å². The first-order chi connectivity index (χ1) is 17.2. The molecular weight excluding hydrogens is 436 g/mol. The van der Waals surface area contributed by atoms with Crippen LogP contribution >= 0.6 is 0 Å². The summed E-state index contributed by atoms with van der Waals surface area (Å²) in [6, 6.07) is 11.8. The van der Waals surface area contributed by atoms with Crippen molar-refractivity contribution in [2.24, 2.45) is 0 Å². The van der Waals surface area contributed by atoms with Crippen LogP contribution in [0.3, 0.4) is 0 Å². The van der Waals surface area contributed by atoms with E-state index >= 15 is 0 Å². The number of rotatable bonds is 4. The van der Waals surface area contributed by atoms with Crippen molar-refractivity contribution in [3.8, 4) is 23.0 Å². The fourth-order valence-electron chi connectivity index (χ4n) is 5.24. The van der Waals surface area contributed by atoms with Crippen molar-refractivity contribution in [3.05, 3.63) is 88.6 Å². The molecule has 0 spiro atoms. The monoisotopic (exact) mass is 462 g/mol. The number of hydrogen-bond donors (Lipinski definition) is 0. The van der Waals surface area contributed by atoms with E-state index in [0.29, 0.717) is 17.1 Å². The largest absolute Gasteiger partial charge is 0.327 e. The zero-order valence-electron chi connectivity index (χ0n) is 19.7. The average Bonchev–Trinajstić information content (AvgIpc) is 3.45. The molecule has 0 N–H and O–H groups in total. The number of benzene rings is 1. The van der Waals surface area contributed by atoms with E-state index in [-0.39, 0.29) is 5.56 Å². The van der Waals surface area contributed by atoms with Crippen LogP contribution in [0.2, 0.25) is 0 Å². The summed E-state index contributed by atoms with van der Waals surface area (Å²) in [6.45, 7) is 3.04. The first kappa shape index (κ1) is 20.4. The molecule has 4 aromatic heterocycles. The third-order valence-electron chi connectivity index (χ3n) is 7.31. The molecule has 1 aromatic carbocycles. The predicted molar refractivity (Wildman–Crippen MR) is 135 cm³/mol. The fraction of sp³-hybridized carbons (Fsp3) is 0.286. The first-order valence-electron chi connectivity index (χ1n) is 12.4. The molecule has 5 heterocycles. The molecule has 1 fully saturated rings. The van der Waals surface area contributed by atoms with Gasteiger partial charge in [-0.3, -0.25) is 9.36 Å². The van der Waals surface area contributed by atoms with Gasteiger partial charge in [0, 0.05) is 42.1 Å². The van der Waals surface area contributed by atoms with Crippen LogP contribution in [0.4, 0.5) is 0 Å². The fourth-order valence-corrected chi connectivity index (χ4v) is 5.24. The molecule has 0 saturated heterocycles. The molecule has 0 bridgehead atoms. The van der Waals surface area contributed by atoms with Crippen LogP contribution in [-0.2, 0) is 13.0 Å². The lowest BCUT2D eigenvalue weighted by atomic mass is 10.1. The highest BCUT2D eigenvalue weighted by atomic mass is 16.1. The second-order valence-corrected chi connectivity index (χ2v) is 9.76. The molecule has 35 heavy (non-hydrogen) atoms. The maximum Gasteiger partial charge on any atom is 0.264 e. The molecule has 0 amide bonds. The smallest absolute Gasteiger partial charge is 0.264 e. The topological polar surface area (TPSA) is 70.5 Å². The average molecular weight is 463 g/mol. The Morgan fingerprint density at radius 3 is 2.86 bits per heavy atom. The lowest BCUT2D eigenvalue weighted by molar-refractivity contribution is 0.536. The number of aromatic nitrogens is 6. The molecule has 0 unspecified atom stereocenters. The van der Waals surface area contributed by atoms with Crippen LogP contribution in [0.5, 0.6) is 0 Å². The van der Waals surface area contributed by atoms with Crippen LogP contribution in [0, 0.1) is 6.92 Å². The van der Waals surface area contributed by atoms with Gasteiger partial charge in [-0.15, -0.1) is 0 Å². The minimum absolute atomic E-state index is 0.0823. The molecule has 7 heteroatoms.